The van der Waals surface area contributed by atoms with Crippen LogP contribution in [0.3, 0.4) is 0 Å². The van der Waals surface area contributed by atoms with Gasteiger partial charge in [-0.2, -0.15) is 0 Å². The molecule has 0 radical (unpaired) electrons. The summed E-state index contributed by atoms with van der Waals surface area (Å²) < 4.78 is 0. The molecule has 0 aromatic carbocycles. The van der Waals surface area contributed by atoms with Gasteiger partial charge in [0.25, 0.3) is 5.91 Å². The van der Waals surface area contributed by atoms with Gasteiger partial charge in [0.15, 0.2) is 0 Å². The zero-order valence-corrected chi connectivity index (χ0v) is 15.4. The van der Waals surface area contributed by atoms with Crippen molar-refractivity contribution in [1.29, 1.82) is 0 Å². The molecule has 22 heavy (non-hydrogen) atoms. The lowest BCUT2D eigenvalue weighted by molar-refractivity contribution is 0.0682. The molecule has 1 amide bonds. The number of nitrogens with zero attached hydrogens (tertiary/aromatic N) is 2. The number of aromatic nitrogens is 1. The lowest BCUT2D eigenvalue weighted by Crippen LogP contribution is -2.39. The monoisotopic (exact) mass is 365 g/mol. The number of carbonyl (C=O) groups is 1. The summed E-state index contributed by atoms with van der Waals surface area (Å²) in [5.74, 6) is 1.55. The van der Waals surface area contributed by atoms with Gasteiger partial charge in [-0.3, -0.25) is 4.79 Å². The van der Waals surface area contributed by atoms with Crippen LogP contribution in [0.4, 0.5) is 0 Å². The molecule has 1 aromatic heterocycles. The first kappa shape index (κ1) is 19.7. The van der Waals surface area contributed by atoms with Gasteiger partial charge in [-0.05, 0) is 51.6 Å². The zero-order valence-electron chi connectivity index (χ0n) is 12.9. The van der Waals surface area contributed by atoms with E-state index in [1.807, 2.05) is 17.3 Å². The molecule has 7 heteroatoms. The fraction of sp³-hybridized carbons (Fsp3) is 0.733. The maximum absolute atomic E-state index is 12.4. The van der Waals surface area contributed by atoms with Gasteiger partial charge in [0.05, 0.1) is 5.01 Å². The van der Waals surface area contributed by atoms with Crippen molar-refractivity contribution in [2.24, 2.45) is 5.92 Å². The van der Waals surface area contributed by atoms with Crippen LogP contribution in [0, 0.1) is 5.92 Å². The van der Waals surface area contributed by atoms with Crippen LogP contribution in [0.25, 0.3) is 0 Å². The molecule has 126 valence electrons. The Kier molecular flexibility index (Phi) is 8.11. The third-order valence-corrected chi connectivity index (χ3v) is 5.38. The van der Waals surface area contributed by atoms with Crippen molar-refractivity contribution < 1.29 is 4.79 Å². The van der Waals surface area contributed by atoms with Crippen LogP contribution in [0.1, 0.15) is 53.5 Å². The van der Waals surface area contributed by atoms with Crippen LogP contribution in [0.15, 0.2) is 5.38 Å². The molecule has 1 aliphatic carbocycles. The van der Waals surface area contributed by atoms with Gasteiger partial charge in [-0.25, -0.2) is 4.98 Å². The van der Waals surface area contributed by atoms with Crippen molar-refractivity contribution in [2.75, 3.05) is 26.7 Å². The predicted octanol–water partition coefficient (Wildman–Crippen LogP) is 3.33. The highest BCUT2D eigenvalue weighted by atomic mass is 35.5. The Balaban J connectivity index is 0.00000121. The number of thiazole rings is 1. The van der Waals surface area contributed by atoms with Gasteiger partial charge < -0.3 is 10.2 Å². The molecule has 1 N–H and O–H groups in total. The highest BCUT2D eigenvalue weighted by molar-refractivity contribution is 7.10. The Bertz CT molecular complexity index is 471. The zero-order chi connectivity index (χ0) is 13.9. The van der Waals surface area contributed by atoms with Gasteiger partial charge in [0.2, 0.25) is 0 Å². The Hall–Kier alpha value is -0.360. The van der Waals surface area contributed by atoms with Crippen molar-refractivity contribution in [3.8, 4) is 0 Å². The topological polar surface area (TPSA) is 45.2 Å². The van der Waals surface area contributed by atoms with Crippen molar-refractivity contribution in [1.82, 2.24) is 15.2 Å². The molecule has 2 heterocycles. The number of hydrogen-bond donors (Lipinski definition) is 1. The first-order valence-corrected chi connectivity index (χ1v) is 8.55. The minimum absolute atomic E-state index is 0. The molecule has 1 saturated heterocycles. The van der Waals surface area contributed by atoms with Crippen LogP contribution in [-0.2, 0) is 0 Å². The normalized spacial score (nSPS) is 18.5. The Morgan fingerprint density at radius 3 is 2.59 bits per heavy atom. The van der Waals surface area contributed by atoms with Crippen LogP contribution < -0.4 is 5.32 Å². The van der Waals surface area contributed by atoms with Gasteiger partial charge in [-0.1, -0.05) is 0 Å². The van der Waals surface area contributed by atoms with E-state index < -0.39 is 0 Å². The second-order valence-electron chi connectivity index (χ2n) is 5.97. The quantitative estimate of drug-likeness (QED) is 0.870. The lowest BCUT2D eigenvalue weighted by atomic mass is 9.93. The minimum atomic E-state index is 0. The van der Waals surface area contributed by atoms with Crippen molar-refractivity contribution >= 4 is 42.1 Å². The summed E-state index contributed by atoms with van der Waals surface area (Å²) in [4.78, 5) is 19.0. The molecule has 2 fully saturated rings. The molecule has 0 bridgehead atoms. The average Bonchev–Trinajstić information content (AvgIpc) is 3.22. The van der Waals surface area contributed by atoms with Crippen molar-refractivity contribution in [3.63, 3.8) is 0 Å². The molecular formula is C15H25Cl2N3OS. The lowest BCUT2D eigenvalue weighted by Gasteiger charge is -2.31. The second-order valence-corrected chi connectivity index (χ2v) is 6.86. The molecule has 0 atom stereocenters. The van der Waals surface area contributed by atoms with E-state index in [1.165, 1.54) is 19.3 Å². The number of hydrogen-bond acceptors (Lipinski definition) is 4. The highest BCUT2D eigenvalue weighted by Gasteiger charge is 2.29. The van der Waals surface area contributed by atoms with Crippen molar-refractivity contribution in [3.05, 3.63) is 16.1 Å². The largest absolute Gasteiger partial charge is 0.337 e. The van der Waals surface area contributed by atoms with Gasteiger partial charge >= 0.3 is 0 Å². The second kappa shape index (κ2) is 9.06. The molecule has 1 aromatic rings. The van der Waals surface area contributed by atoms with E-state index >= 15 is 0 Å². The van der Waals surface area contributed by atoms with Crippen LogP contribution >= 0.6 is 36.2 Å². The average molecular weight is 366 g/mol. The molecule has 0 spiro atoms. The maximum Gasteiger partial charge on any atom is 0.273 e. The number of rotatable bonds is 5. The Labute approximate surface area is 148 Å². The molecule has 4 nitrogen and oxygen atoms in total. The number of piperidine rings is 1. The van der Waals surface area contributed by atoms with E-state index in [0.29, 0.717) is 11.6 Å². The van der Waals surface area contributed by atoms with Gasteiger partial charge in [-0.15, -0.1) is 36.2 Å². The number of nitrogens with one attached hydrogen (secondary N) is 1. The van der Waals surface area contributed by atoms with Gasteiger partial charge in [0, 0.05) is 24.4 Å². The summed E-state index contributed by atoms with van der Waals surface area (Å²) >= 11 is 1.66. The van der Waals surface area contributed by atoms with Crippen LogP contribution in [-0.4, -0.2) is 42.5 Å². The summed E-state index contributed by atoms with van der Waals surface area (Å²) in [6, 6.07) is 0. The summed E-state index contributed by atoms with van der Waals surface area (Å²) in [5, 5.41) is 6.32. The number of carbonyl (C=O) groups excluding carboxylic acids is 1. The van der Waals surface area contributed by atoms with Crippen LogP contribution in [0.5, 0.6) is 0 Å². The Morgan fingerprint density at radius 2 is 2.00 bits per heavy atom. The summed E-state index contributed by atoms with van der Waals surface area (Å²) in [7, 11) is 2.00. The summed E-state index contributed by atoms with van der Waals surface area (Å²) in [6.07, 6.45) is 5.98. The SMILES string of the molecule is CNCCC1CCN(C(=O)c2csc(C3CC3)n2)CC1.Cl.Cl. The maximum atomic E-state index is 12.4. The van der Waals surface area contributed by atoms with E-state index in [1.54, 1.807) is 11.3 Å². The molecule has 0 unspecified atom stereocenters. The van der Waals surface area contributed by atoms with E-state index in [-0.39, 0.29) is 30.7 Å². The van der Waals surface area contributed by atoms with Crippen molar-refractivity contribution in [2.45, 2.75) is 38.0 Å². The third kappa shape index (κ3) is 4.82. The third-order valence-electron chi connectivity index (χ3n) is 4.37. The molecule has 3 rings (SSSR count). The predicted molar refractivity (Wildman–Crippen MR) is 95.8 cm³/mol. The van der Waals surface area contributed by atoms with E-state index in [9.17, 15) is 4.79 Å². The smallest absolute Gasteiger partial charge is 0.273 e. The fourth-order valence-electron chi connectivity index (χ4n) is 2.84. The molecule has 2 aliphatic rings. The Morgan fingerprint density at radius 1 is 1.32 bits per heavy atom. The number of amides is 1. The number of halogens is 2. The molecule has 1 saturated carbocycles. The van der Waals surface area contributed by atoms with E-state index in [2.05, 4.69) is 10.3 Å². The fourth-order valence-corrected chi connectivity index (χ4v) is 3.80. The molecular weight excluding hydrogens is 341 g/mol. The van der Waals surface area contributed by atoms with E-state index in [4.69, 9.17) is 0 Å². The van der Waals surface area contributed by atoms with E-state index in [0.717, 1.165) is 43.4 Å². The summed E-state index contributed by atoms with van der Waals surface area (Å²) in [5.41, 5.74) is 0.672. The highest BCUT2D eigenvalue weighted by Crippen LogP contribution is 2.41. The van der Waals surface area contributed by atoms with Gasteiger partial charge in [0.1, 0.15) is 5.69 Å². The minimum Gasteiger partial charge on any atom is -0.337 e. The first-order chi connectivity index (χ1) is 9.78. The standard InChI is InChI=1S/C15H23N3OS.2ClH/c1-16-7-4-11-5-8-18(9-6-11)15(19)13-10-20-14(17-13)12-2-3-12;;/h10-12,16H,2-9H2,1H3;2*1H. The number of likely N-dealkylation sites (tertiary alicyclic amines) is 1. The molecule has 1 aliphatic heterocycles. The summed E-state index contributed by atoms with van der Waals surface area (Å²) in [6.45, 7) is 2.86. The van der Waals surface area contributed by atoms with Crippen LogP contribution in [0.2, 0.25) is 0 Å². The first-order valence-electron chi connectivity index (χ1n) is 7.67.